The first kappa shape index (κ1) is 14.1. The summed E-state index contributed by atoms with van der Waals surface area (Å²) in [4.78, 5) is 11.6. The number of nitrogens with one attached hydrogen (secondary N) is 1. The van der Waals surface area contributed by atoms with Crippen molar-refractivity contribution in [2.75, 3.05) is 5.32 Å². The molecule has 0 spiro atoms. The zero-order chi connectivity index (χ0) is 14.2. The molecule has 0 fully saturated rings. The van der Waals surface area contributed by atoms with Gasteiger partial charge in [0.2, 0.25) is 11.0 Å². The molecule has 102 valence electrons. The molecule has 4 nitrogen and oxygen atoms in total. The number of amides is 1. The molecule has 2 aromatic rings. The van der Waals surface area contributed by atoms with Gasteiger partial charge < -0.3 is 0 Å². The fourth-order valence-electron chi connectivity index (χ4n) is 1.55. The van der Waals surface area contributed by atoms with Gasteiger partial charge in [0.15, 0.2) is 0 Å². The molecule has 2 rings (SSSR count). The smallest absolute Gasteiger partial charge is 0.250 e. The second-order valence-electron chi connectivity index (χ2n) is 4.04. The van der Waals surface area contributed by atoms with E-state index in [1.807, 2.05) is 43.3 Å². The molecule has 20 heavy (non-hydrogen) atoms. The average molecular weight is 285 g/mol. The van der Waals surface area contributed by atoms with Gasteiger partial charge in [-0.25, -0.2) is 0 Å². The monoisotopic (exact) mass is 285 g/mol. The molecule has 0 saturated heterocycles. The van der Waals surface area contributed by atoms with Crippen molar-refractivity contribution in [1.82, 2.24) is 10.2 Å². The molecule has 0 bridgehead atoms. The summed E-state index contributed by atoms with van der Waals surface area (Å²) in [6, 6.07) is 10.0. The predicted octanol–water partition coefficient (Wildman–Crippen LogP) is 3.20. The van der Waals surface area contributed by atoms with Crippen LogP contribution in [-0.2, 0) is 11.2 Å². The molecule has 1 aromatic carbocycles. The summed E-state index contributed by atoms with van der Waals surface area (Å²) >= 11 is 1.39. The first-order chi connectivity index (χ1) is 9.78. The Kier molecular flexibility index (Phi) is 5.20. The van der Waals surface area contributed by atoms with Gasteiger partial charge in [-0.1, -0.05) is 59.9 Å². The number of carbonyl (C=O) groups excluding carboxylic acids is 1. The Morgan fingerprint density at radius 2 is 2.05 bits per heavy atom. The zero-order valence-corrected chi connectivity index (χ0v) is 11.9. The Hall–Kier alpha value is -2.27. The molecule has 0 aliphatic rings. The third kappa shape index (κ3) is 4.44. The second kappa shape index (κ2) is 7.35. The standard InChI is InChI=1S/C15H15N3OS/c1-2-3-5-10-13(19)16-15-18-17-14(20-15)11-12-8-6-4-7-9-12/h2-10H,11H2,1H3,(H,16,18,19)/b3-2+,10-5+. The van der Waals surface area contributed by atoms with Crippen molar-refractivity contribution in [3.63, 3.8) is 0 Å². The van der Waals surface area contributed by atoms with E-state index < -0.39 is 0 Å². The number of rotatable bonds is 5. The minimum absolute atomic E-state index is 0.203. The van der Waals surface area contributed by atoms with Crippen LogP contribution < -0.4 is 5.32 Å². The fraction of sp³-hybridized carbons (Fsp3) is 0.133. The molecule has 0 atom stereocenters. The minimum atomic E-state index is -0.203. The van der Waals surface area contributed by atoms with Crippen LogP contribution in [0.1, 0.15) is 17.5 Å². The zero-order valence-electron chi connectivity index (χ0n) is 11.1. The molecule has 1 aromatic heterocycles. The van der Waals surface area contributed by atoms with Gasteiger partial charge in [0.1, 0.15) is 5.01 Å². The summed E-state index contributed by atoms with van der Waals surface area (Å²) in [5.74, 6) is -0.203. The lowest BCUT2D eigenvalue weighted by molar-refractivity contribution is -0.111. The molecular weight excluding hydrogens is 270 g/mol. The lowest BCUT2D eigenvalue weighted by Crippen LogP contribution is -2.07. The Morgan fingerprint density at radius 1 is 1.25 bits per heavy atom. The van der Waals surface area contributed by atoms with Crippen molar-refractivity contribution in [3.8, 4) is 0 Å². The second-order valence-corrected chi connectivity index (χ2v) is 5.10. The summed E-state index contributed by atoms with van der Waals surface area (Å²) < 4.78 is 0. The SMILES string of the molecule is C/C=C/C=C/C(=O)Nc1nnc(Cc2ccccc2)s1. The highest BCUT2D eigenvalue weighted by atomic mass is 32.1. The lowest BCUT2D eigenvalue weighted by atomic mass is 10.2. The van der Waals surface area contributed by atoms with Gasteiger partial charge in [0.05, 0.1) is 0 Å². The number of hydrogen-bond donors (Lipinski definition) is 1. The molecule has 1 amide bonds. The number of allylic oxidation sites excluding steroid dienone is 3. The highest BCUT2D eigenvalue weighted by Crippen LogP contribution is 2.18. The molecule has 0 radical (unpaired) electrons. The van der Waals surface area contributed by atoms with Crippen molar-refractivity contribution in [1.29, 1.82) is 0 Å². The number of hydrogen-bond acceptors (Lipinski definition) is 4. The number of aromatic nitrogens is 2. The lowest BCUT2D eigenvalue weighted by Gasteiger charge is -1.95. The van der Waals surface area contributed by atoms with Gasteiger partial charge in [0, 0.05) is 12.5 Å². The average Bonchev–Trinajstić information content (AvgIpc) is 2.87. The minimum Gasteiger partial charge on any atom is -0.297 e. The summed E-state index contributed by atoms with van der Waals surface area (Å²) in [5.41, 5.74) is 1.18. The van der Waals surface area contributed by atoms with Crippen LogP contribution in [0.2, 0.25) is 0 Å². The maximum absolute atomic E-state index is 11.6. The molecule has 5 heteroatoms. The Balaban J connectivity index is 1.94. The summed E-state index contributed by atoms with van der Waals surface area (Å²) in [6.45, 7) is 1.89. The van der Waals surface area contributed by atoms with Crippen LogP contribution in [0.3, 0.4) is 0 Å². The predicted molar refractivity (Wildman–Crippen MR) is 81.7 cm³/mol. The third-order valence-corrected chi connectivity index (χ3v) is 3.28. The molecule has 1 heterocycles. The van der Waals surface area contributed by atoms with Crippen LogP contribution in [0.4, 0.5) is 5.13 Å². The van der Waals surface area contributed by atoms with Crippen molar-refractivity contribution in [3.05, 3.63) is 65.2 Å². The van der Waals surface area contributed by atoms with E-state index in [0.717, 1.165) is 11.4 Å². The highest BCUT2D eigenvalue weighted by Gasteiger charge is 2.06. The Morgan fingerprint density at radius 3 is 2.80 bits per heavy atom. The van der Waals surface area contributed by atoms with Crippen LogP contribution in [-0.4, -0.2) is 16.1 Å². The van der Waals surface area contributed by atoms with E-state index in [9.17, 15) is 4.79 Å². The molecule has 0 saturated carbocycles. The topological polar surface area (TPSA) is 54.9 Å². The van der Waals surface area contributed by atoms with Crippen LogP contribution in [0.25, 0.3) is 0 Å². The third-order valence-electron chi connectivity index (χ3n) is 2.45. The fourth-order valence-corrected chi connectivity index (χ4v) is 2.32. The van der Waals surface area contributed by atoms with Crippen molar-refractivity contribution < 1.29 is 4.79 Å². The van der Waals surface area contributed by atoms with Gasteiger partial charge >= 0.3 is 0 Å². The van der Waals surface area contributed by atoms with E-state index in [-0.39, 0.29) is 5.91 Å². The van der Waals surface area contributed by atoms with Crippen LogP contribution in [0.5, 0.6) is 0 Å². The van der Waals surface area contributed by atoms with Crippen LogP contribution in [0, 0.1) is 0 Å². The van der Waals surface area contributed by atoms with Gasteiger partial charge in [-0.3, -0.25) is 10.1 Å². The van der Waals surface area contributed by atoms with E-state index in [4.69, 9.17) is 0 Å². The normalized spacial score (nSPS) is 11.2. The molecule has 0 aliphatic heterocycles. The van der Waals surface area contributed by atoms with Gasteiger partial charge in [0.25, 0.3) is 0 Å². The largest absolute Gasteiger partial charge is 0.297 e. The highest BCUT2D eigenvalue weighted by molar-refractivity contribution is 7.15. The Bertz CT molecular complexity index is 617. The number of anilines is 1. The summed E-state index contributed by atoms with van der Waals surface area (Å²) in [5, 5.41) is 12.1. The van der Waals surface area contributed by atoms with Crippen molar-refractivity contribution in [2.24, 2.45) is 0 Å². The van der Waals surface area contributed by atoms with Gasteiger partial charge in [-0.15, -0.1) is 10.2 Å². The van der Waals surface area contributed by atoms with Crippen LogP contribution >= 0.6 is 11.3 Å². The summed E-state index contributed by atoms with van der Waals surface area (Å²) in [6.07, 6.45) is 7.51. The van der Waals surface area contributed by atoms with Crippen molar-refractivity contribution >= 4 is 22.4 Å². The molecule has 0 unspecified atom stereocenters. The van der Waals surface area contributed by atoms with Gasteiger partial charge in [-0.05, 0) is 12.5 Å². The first-order valence-electron chi connectivity index (χ1n) is 6.24. The first-order valence-corrected chi connectivity index (χ1v) is 7.06. The van der Waals surface area contributed by atoms with E-state index >= 15 is 0 Å². The number of carbonyl (C=O) groups is 1. The maximum atomic E-state index is 11.6. The molecule has 1 N–H and O–H groups in total. The maximum Gasteiger partial charge on any atom is 0.250 e. The van der Waals surface area contributed by atoms with Gasteiger partial charge in [-0.2, -0.15) is 0 Å². The van der Waals surface area contributed by atoms with E-state index in [1.54, 1.807) is 12.2 Å². The van der Waals surface area contributed by atoms with E-state index in [1.165, 1.54) is 23.0 Å². The van der Waals surface area contributed by atoms with Crippen molar-refractivity contribution in [2.45, 2.75) is 13.3 Å². The number of nitrogens with zero attached hydrogens (tertiary/aromatic N) is 2. The van der Waals surface area contributed by atoms with Crippen LogP contribution in [0.15, 0.2) is 54.6 Å². The van der Waals surface area contributed by atoms with E-state index in [0.29, 0.717) is 5.13 Å². The quantitative estimate of drug-likeness (QED) is 0.678. The Labute approximate surface area is 121 Å². The van der Waals surface area contributed by atoms with E-state index in [2.05, 4.69) is 15.5 Å². The molecular formula is C15H15N3OS. The molecule has 0 aliphatic carbocycles. The summed E-state index contributed by atoms with van der Waals surface area (Å²) in [7, 11) is 0. The number of benzene rings is 1.